The molecule has 3 fully saturated rings. The second-order valence-electron chi connectivity index (χ2n) is 8.09. The van der Waals surface area contributed by atoms with Crippen molar-refractivity contribution in [2.75, 3.05) is 19.6 Å². The maximum Gasteiger partial charge on any atom is 0.0221 e. The molecule has 0 amide bonds. The molecular formula is C18H34N2. The van der Waals surface area contributed by atoms with Crippen LogP contribution in [0.4, 0.5) is 0 Å². The van der Waals surface area contributed by atoms with E-state index in [1.807, 2.05) is 0 Å². The zero-order valence-corrected chi connectivity index (χ0v) is 13.8. The molecule has 20 heavy (non-hydrogen) atoms. The Balaban J connectivity index is 1.60. The molecule has 1 heterocycles. The topological polar surface area (TPSA) is 15.3 Å². The highest BCUT2D eigenvalue weighted by Gasteiger charge is 2.41. The summed E-state index contributed by atoms with van der Waals surface area (Å²) in [6.45, 7) is 11.0. The lowest BCUT2D eigenvalue weighted by Gasteiger charge is -2.44. The number of fused-ring (bicyclic) bond motifs is 2. The first-order valence-electron chi connectivity index (χ1n) is 9.14. The van der Waals surface area contributed by atoms with Crippen LogP contribution in [0, 0.1) is 23.7 Å². The van der Waals surface area contributed by atoms with E-state index in [1.54, 1.807) is 12.8 Å². The van der Waals surface area contributed by atoms with E-state index < -0.39 is 0 Å². The van der Waals surface area contributed by atoms with Crippen molar-refractivity contribution in [3.63, 3.8) is 0 Å². The summed E-state index contributed by atoms with van der Waals surface area (Å²) in [5.74, 6) is 3.97. The molecule has 3 aliphatic rings. The monoisotopic (exact) mass is 278 g/mol. The van der Waals surface area contributed by atoms with Gasteiger partial charge in [0.05, 0.1) is 0 Å². The van der Waals surface area contributed by atoms with Gasteiger partial charge < -0.3 is 5.32 Å². The number of hydrogen-bond donors (Lipinski definition) is 1. The molecule has 2 bridgehead atoms. The molecule has 0 spiro atoms. The second kappa shape index (κ2) is 6.36. The third kappa shape index (κ3) is 3.06. The van der Waals surface area contributed by atoms with Gasteiger partial charge in [0, 0.05) is 31.7 Å². The zero-order chi connectivity index (χ0) is 14.1. The van der Waals surface area contributed by atoms with Crippen LogP contribution in [0.3, 0.4) is 0 Å². The first-order valence-corrected chi connectivity index (χ1v) is 9.14. The lowest BCUT2D eigenvalue weighted by molar-refractivity contribution is 0.0779. The van der Waals surface area contributed by atoms with Crippen LogP contribution in [0.5, 0.6) is 0 Å². The molecule has 116 valence electrons. The van der Waals surface area contributed by atoms with E-state index in [0.29, 0.717) is 6.04 Å². The molecule has 1 saturated heterocycles. The van der Waals surface area contributed by atoms with Crippen molar-refractivity contribution in [3.8, 4) is 0 Å². The summed E-state index contributed by atoms with van der Waals surface area (Å²) in [6.07, 6.45) is 8.87. The SMILES string of the molecule is CCCC1CNC(C(C)C)CN1CC1CC2CCC1C2. The van der Waals surface area contributed by atoms with Crippen LogP contribution in [0.1, 0.15) is 59.3 Å². The van der Waals surface area contributed by atoms with Gasteiger partial charge in [0.25, 0.3) is 0 Å². The summed E-state index contributed by atoms with van der Waals surface area (Å²) in [4.78, 5) is 2.87. The standard InChI is InChI=1S/C18H34N2/c1-4-5-17-10-19-18(13(2)3)12-20(17)11-16-9-14-6-7-15(16)8-14/h13-19H,4-12H2,1-3H3. The Morgan fingerprint density at radius 3 is 2.65 bits per heavy atom. The summed E-state index contributed by atoms with van der Waals surface area (Å²) in [6, 6.07) is 1.51. The van der Waals surface area contributed by atoms with Crippen molar-refractivity contribution in [2.24, 2.45) is 23.7 Å². The molecule has 0 radical (unpaired) electrons. The van der Waals surface area contributed by atoms with Gasteiger partial charge in [-0.2, -0.15) is 0 Å². The van der Waals surface area contributed by atoms with Crippen molar-refractivity contribution in [3.05, 3.63) is 0 Å². The summed E-state index contributed by atoms with van der Waals surface area (Å²) < 4.78 is 0. The third-order valence-electron chi connectivity index (χ3n) is 6.34. The molecule has 0 aromatic rings. The van der Waals surface area contributed by atoms with Crippen molar-refractivity contribution >= 4 is 0 Å². The van der Waals surface area contributed by atoms with Gasteiger partial charge in [-0.05, 0) is 49.4 Å². The Bertz CT molecular complexity index is 315. The Labute approximate surface area is 125 Å². The summed E-state index contributed by atoms with van der Waals surface area (Å²) in [7, 11) is 0. The van der Waals surface area contributed by atoms with Crippen molar-refractivity contribution < 1.29 is 0 Å². The minimum Gasteiger partial charge on any atom is -0.311 e. The van der Waals surface area contributed by atoms with Gasteiger partial charge in [0.2, 0.25) is 0 Å². The first kappa shape index (κ1) is 14.8. The normalized spacial score (nSPS) is 41.7. The van der Waals surface area contributed by atoms with Crippen LogP contribution in [-0.4, -0.2) is 36.6 Å². The Hall–Kier alpha value is -0.0800. The highest BCUT2D eigenvalue weighted by molar-refractivity contribution is 4.94. The fourth-order valence-corrected chi connectivity index (χ4v) is 5.07. The minimum absolute atomic E-state index is 0.710. The average molecular weight is 278 g/mol. The van der Waals surface area contributed by atoms with Crippen molar-refractivity contribution in [1.29, 1.82) is 0 Å². The number of rotatable bonds is 5. The Kier molecular flexibility index (Phi) is 4.72. The highest BCUT2D eigenvalue weighted by Crippen LogP contribution is 2.48. The Morgan fingerprint density at radius 2 is 2.05 bits per heavy atom. The Morgan fingerprint density at radius 1 is 1.20 bits per heavy atom. The molecule has 2 saturated carbocycles. The summed E-state index contributed by atoms with van der Waals surface area (Å²) >= 11 is 0. The van der Waals surface area contributed by atoms with Gasteiger partial charge >= 0.3 is 0 Å². The van der Waals surface area contributed by atoms with Crippen molar-refractivity contribution in [1.82, 2.24) is 10.2 Å². The van der Waals surface area contributed by atoms with Gasteiger partial charge in [0.1, 0.15) is 0 Å². The van der Waals surface area contributed by atoms with E-state index in [1.165, 1.54) is 45.3 Å². The first-order chi connectivity index (χ1) is 9.67. The molecule has 2 nitrogen and oxygen atoms in total. The van der Waals surface area contributed by atoms with E-state index in [-0.39, 0.29) is 0 Å². The van der Waals surface area contributed by atoms with Gasteiger partial charge in [-0.3, -0.25) is 4.90 Å². The molecule has 1 N–H and O–H groups in total. The van der Waals surface area contributed by atoms with Crippen LogP contribution in [0.15, 0.2) is 0 Å². The van der Waals surface area contributed by atoms with Crippen LogP contribution >= 0.6 is 0 Å². The summed E-state index contributed by atoms with van der Waals surface area (Å²) in [5.41, 5.74) is 0. The molecule has 2 aliphatic carbocycles. The van der Waals surface area contributed by atoms with Gasteiger partial charge in [-0.1, -0.05) is 33.6 Å². The predicted molar refractivity (Wildman–Crippen MR) is 85.8 cm³/mol. The number of hydrogen-bond acceptors (Lipinski definition) is 2. The van der Waals surface area contributed by atoms with Gasteiger partial charge in [-0.15, -0.1) is 0 Å². The van der Waals surface area contributed by atoms with E-state index >= 15 is 0 Å². The van der Waals surface area contributed by atoms with Crippen LogP contribution in [-0.2, 0) is 0 Å². The fraction of sp³-hybridized carbons (Fsp3) is 1.00. The van der Waals surface area contributed by atoms with Crippen LogP contribution in [0.25, 0.3) is 0 Å². The smallest absolute Gasteiger partial charge is 0.0221 e. The lowest BCUT2D eigenvalue weighted by Crippen LogP contribution is -2.59. The average Bonchev–Trinajstić information content (AvgIpc) is 3.03. The largest absolute Gasteiger partial charge is 0.311 e. The fourth-order valence-electron chi connectivity index (χ4n) is 5.07. The van der Waals surface area contributed by atoms with Crippen molar-refractivity contribution in [2.45, 2.75) is 71.4 Å². The molecule has 5 atom stereocenters. The van der Waals surface area contributed by atoms with Gasteiger partial charge in [-0.25, -0.2) is 0 Å². The number of nitrogens with zero attached hydrogens (tertiary/aromatic N) is 1. The molecule has 5 unspecified atom stereocenters. The van der Waals surface area contributed by atoms with E-state index in [9.17, 15) is 0 Å². The van der Waals surface area contributed by atoms with Crippen LogP contribution in [0.2, 0.25) is 0 Å². The van der Waals surface area contributed by atoms with Gasteiger partial charge in [0.15, 0.2) is 0 Å². The molecule has 1 aliphatic heterocycles. The maximum atomic E-state index is 3.80. The third-order valence-corrected chi connectivity index (χ3v) is 6.34. The van der Waals surface area contributed by atoms with E-state index in [2.05, 4.69) is 31.0 Å². The lowest BCUT2D eigenvalue weighted by atomic mass is 9.87. The number of piperazine rings is 1. The second-order valence-corrected chi connectivity index (χ2v) is 8.09. The minimum atomic E-state index is 0.710. The van der Waals surface area contributed by atoms with E-state index in [4.69, 9.17) is 0 Å². The predicted octanol–water partition coefficient (Wildman–Crippen LogP) is 3.52. The molecule has 0 aromatic heterocycles. The molecular weight excluding hydrogens is 244 g/mol. The quantitative estimate of drug-likeness (QED) is 0.828. The molecule has 2 heteroatoms. The van der Waals surface area contributed by atoms with E-state index in [0.717, 1.165) is 29.7 Å². The highest BCUT2D eigenvalue weighted by atomic mass is 15.2. The summed E-state index contributed by atoms with van der Waals surface area (Å²) in [5, 5.41) is 3.80. The molecule has 3 rings (SSSR count). The zero-order valence-electron chi connectivity index (χ0n) is 13.8. The maximum absolute atomic E-state index is 3.80. The van der Waals surface area contributed by atoms with Crippen LogP contribution < -0.4 is 5.32 Å². The number of nitrogens with one attached hydrogen (secondary N) is 1. The molecule has 0 aromatic carbocycles.